The Morgan fingerprint density at radius 1 is 1.44 bits per heavy atom. The van der Waals surface area contributed by atoms with Crippen LogP contribution in [0.15, 0.2) is 24.3 Å². The molecule has 1 fully saturated rings. The third-order valence-electron chi connectivity index (χ3n) is 3.98. The van der Waals surface area contributed by atoms with E-state index in [1.54, 1.807) is 0 Å². The number of aliphatic hydroxyl groups is 1. The van der Waals surface area contributed by atoms with Crippen LogP contribution >= 0.6 is 0 Å². The van der Waals surface area contributed by atoms with Gasteiger partial charge in [-0.1, -0.05) is 29.8 Å². The summed E-state index contributed by atoms with van der Waals surface area (Å²) in [5.74, 6) is -0.278. The minimum Gasteiger partial charge on any atom is -0.469 e. The molecule has 98 valence electrons. The van der Waals surface area contributed by atoms with Crippen molar-refractivity contribution in [3.63, 3.8) is 0 Å². The molecule has 18 heavy (non-hydrogen) atoms. The Morgan fingerprint density at radius 2 is 2.11 bits per heavy atom. The fourth-order valence-corrected chi connectivity index (χ4v) is 2.84. The summed E-state index contributed by atoms with van der Waals surface area (Å²) >= 11 is 0. The van der Waals surface area contributed by atoms with Gasteiger partial charge < -0.3 is 9.84 Å². The van der Waals surface area contributed by atoms with E-state index in [2.05, 4.69) is 0 Å². The number of hydrogen-bond donors (Lipinski definition) is 1. The number of aryl methyl sites for hydroxylation is 1. The number of benzene rings is 1. The average molecular weight is 248 g/mol. The lowest BCUT2D eigenvalue weighted by Gasteiger charge is -2.30. The molecule has 1 aliphatic rings. The highest BCUT2D eigenvalue weighted by molar-refractivity contribution is 5.69. The van der Waals surface area contributed by atoms with Crippen molar-refractivity contribution in [3.8, 4) is 0 Å². The molecule has 0 aromatic heterocycles. The van der Waals surface area contributed by atoms with E-state index in [1.165, 1.54) is 12.7 Å². The van der Waals surface area contributed by atoms with Crippen molar-refractivity contribution < 1.29 is 14.6 Å². The Labute approximate surface area is 108 Å². The minimum atomic E-state index is -0.873. The second kappa shape index (κ2) is 5.11. The monoisotopic (exact) mass is 248 g/mol. The van der Waals surface area contributed by atoms with Gasteiger partial charge >= 0.3 is 5.97 Å². The summed E-state index contributed by atoms with van der Waals surface area (Å²) in [5, 5.41) is 10.8. The lowest BCUT2D eigenvalue weighted by Crippen LogP contribution is -2.32. The summed E-state index contributed by atoms with van der Waals surface area (Å²) in [4.78, 5) is 11.4. The summed E-state index contributed by atoms with van der Waals surface area (Å²) in [6, 6.07) is 7.93. The van der Waals surface area contributed by atoms with Crippen LogP contribution in [-0.4, -0.2) is 18.2 Å². The predicted molar refractivity (Wildman–Crippen MR) is 69.0 cm³/mol. The van der Waals surface area contributed by atoms with Crippen molar-refractivity contribution in [1.29, 1.82) is 0 Å². The van der Waals surface area contributed by atoms with Crippen molar-refractivity contribution in [3.05, 3.63) is 35.4 Å². The van der Waals surface area contributed by atoms with E-state index < -0.39 is 5.60 Å². The van der Waals surface area contributed by atoms with Crippen molar-refractivity contribution in [2.45, 2.75) is 38.2 Å². The molecule has 0 radical (unpaired) electrons. The Morgan fingerprint density at radius 3 is 2.72 bits per heavy atom. The van der Waals surface area contributed by atoms with Gasteiger partial charge in [0.2, 0.25) is 0 Å². The average Bonchev–Trinajstić information content (AvgIpc) is 2.72. The van der Waals surface area contributed by atoms with Crippen LogP contribution in [0.25, 0.3) is 0 Å². The first-order valence-corrected chi connectivity index (χ1v) is 6.42. The van der Waals surface area contributed by atoms with Crippen LogP contribution in [0.2, 0.25) is 0 Å². The Hall–Kier alpha value is -1.35. The number of ether oxygens (including phenoxy) is 1. The molecule has 1 aliphatic carbocycles. The highest BCUT2D eigenvalue weighted by atomic mass is 16.5. The maximum absolute atomic E-state index is 11.4. The summed E-state index contributed by atoms with van der Waals surface area (Å²) < 4.78 is 4.71. The minimum absolute atomic E-state index is 0.0346. The molecule has 0 unspecified atom stereocenters. The lowest BCUT2D eigenvalue weighted by atomic mass is 9.82. The zero-order chi connectivity index (χ0) is 13.2. The summed E-state index contributed by atoms with van der Waals surface area (Å²) in [6.07, 6.45) is 2.84. The molecule has 1 aromatic rings. The van der Waals surface area contributed by atoms with Gasteiger partial charge in [-0.25, -0.2) is 0 Å². The van der Waals surface area contributed by atoms with E-state index in [0.29, 0.717) is 6.42 Å². The molecule has 2 atom stereocenters. The Bertz CT molecular complexity index is 424. The molecule has 0 amide bonds. The number of hydrogen-bond acceptors (Lipinski definition) is 3. The van der Waals surface area contributed by atoms with Gasteiger partial charge in [0.1, 0.15) is 0 Å². The number of methoxy groups -OCH3 is 1. The molecule has 0 heterocycles. The SMILES string of the molecule is COC(=O)C[C@@H]1CCC[C@]1(O)c1ccc(C)cc1. The Kier molecular flexibility index (Phi) is 3.71. The lowest BCUT2D eigenvalue weighted by molar-refractivity contribution is -0.144. The van der Waals surface area contributed by atoms with Gasteiger partial charge in [-0.2, -0.15) is 0 Å². The number of esters is 1. The maximum Gasteiger partial charge on any atom is 0.305 e. The van der Waals surface area contributed by atoms with Gasteiger partial charge in [-0.3, -0.25) is 4.79 Å². The van der Waals surface area contributed by atoms with E-state index in [-0.39, 0.29) is 11.9 Å². The molecule has 3 nitrogen and oxygen atoms in total. The van der Waals surface area contributed by atoms with Crippen molar-refractivity contribution in [1.82, 2.24) is 0 Å². The fraction of sp³-hybridized carbons (Fsp3) is 0.533. The third-order valence-corrected chi connectivity index (χ3v) is 3.98. The second-order valence-electron chi connectivity index (χ2n) is 5.16. The highest BCUT2D eigenvalue weighted by Gasteiger charge is 2.43. The normalized spacial score (nSPS) is 27.2. The van der Waals surface area contributed by atoms with Crippen LogP contribution in [-0.2, 0) is 15.1 Å². The van der Waals surface area contributed by atoms with Crippen LogP contribution in [0, 0.1) is 12.8 Å². The van der Waals surface area contributed by atoms with Gasteiger partial charge in [0.05, 0.1) is 19.1 Å². The predicted octanol–water partition coefficient (Wildman–Crippen LogP) is 2.55. The highest BCUT2D eigenvalue weighted by Crippen LogP contribution is 2.45. The van der Waals surface area contributed by atoms with E-state index in [0.717, 1.165) is 24.8 Å². The van der Waals surface area contributed by atoms with E-state index in [1.807, 2.05) is 31.2 Å². The van der Waals surface area contributed by atoms with E-state index in [4.69, 9.17) is 4.74 Å². The van der Waals surface area contributed by atoms with E-state index in [9.17, 15) is 9.90 Å². The molecular formula is C15H20O3. The number of rotatable bonds is 3. The molecule has 0 bridgehead atoms. The zero-order valence-electron chi connectivity index (χ0n) is 11.0. The van der Waals surface area contributed by atoms with Crippen LogP contribution in [0.1, 0.15) is 36.8 Å². The first kappa shape index (κ1) is 13.1. The van der Waals surface area contributed by atoms with Crippen molar-refractivity contribution >= 4 is 5.97 Å². The van der Waals surface area contributed by atoms with Gasteiger partial charge in [0, 0.05) is 5.92 Å². The summed E-state index contributed by atoms with van der Waals surface area (Å²) in [5.41, 5.74) is 1.21. The molecule has 0 aliphatic heterocycles. The standard InChI is InChI=1S/C15H20O3/c1-11-5-7-12(8-6-11)15(17)9-3-4-13(15)10-14(16)18-2/h5-8,13,17H,3-4,9-10H2,1-2H3/t13-,15-/m0/s1. The smallest absolute Gasteiger partial charge is 0.305 e. The van der Waals surface area contributed by atoms with Crippen LogP contribution in [0.5, 0.6) is 0 Å². The van der Waals surface area contributed by atoms with E-state index >= 15 is 0 Å². The van der Waals surface area contributed by atoms with Gasteiger partial charge in [0.25, 0.3) is 0 Å². The first-order chi connectivity index (χ1) is 8.56. The van der Waals surface area contributed by atoms with Crippen molar-refractivity contribution in [2.24, 2.45) is 5.92 Å². The molecule has 3 heteroatoms. The number of carbonyl (C=O) groups excluding carboxylic acids is 1. The molecule has 1 aromatic carbocycles. The van der Waals surface area contributed by atoms with Gasteiger partial charge in [0.15, 0.2) is 0 Å². The Balaban J connectivity index is 2.22. The first-order valence-electron chi connectivity index (χ1n) is 6.42. The fourth-order valence-electron chi connectivity index (χ4n) is 2.84. The number of carbonyl (C=O) groups is 1. The quantitative estimate of drug-likeness (QED) is 0.836. The molecule has 0 saturated heterocycles. The maximum atomic E-state index is 11.4. The van der Waals surface area contributed by atoms with Crippen LogP contribution in [0.3, 0.4) is 0 Å². The molecule has 2 rings (SSSR count). The summed E-state index contributed by atoms with van der Waals surface area (Å²) in [6.45, 7) is 2.02. The van der Waals surface area contributed by atoms with Gasteiger partial charge in [-0.15, -0.1) is 0 Å². The van der Waals surface area contributed by atoms with Gasteiger partial charge in [-0.05, 0) is 31.7 Å². The molecule has 0 spiro atoms. The van der Waals surface area contributed by atoms with Crippen LogP contribution < -0.4 is 0 Å². The largest absolute Gasteiger partial charge is 0.469 e. The van der Waals surface area contributed by atoms with Crippen LogP contribution in [0.4, 0.5) is 0 Å². The second-order valence-corrected chi connectivity index (χ2v) is 5.16. The molecule has 1 N–H and O–H groups in total. The molecular weight excluding hydrogens is 228 g/mol. The zero-order valence-corrected chi connectivity index (χ0v) is 11.0. The third kappa shape index (κ3) is 2.41. The van der Waals surface area contributed by atoms with Crippen molar-refractivity contribution in [2.75, 3.05) is 7.11 Å². The summed E-state index contributed by atoms with van der Waals surface area (Å²) in [7, 11) is 1.39. The topological polar surface area (TPSA) is 46.5 Å². The molecule has 1 saturated carbocycles.